The molecule has 104 valence electrons. The third-order valence-corrected chi connectivity index (χ3v) is 5.66. The van der Waals surface area contributed by atoms with Crippen LogP contribution in [0.25, 0.3) is 0 Å². The molecule has 2 aliphatic rings. The predicted octanol–water partition coefficient (Wildman–Crippen LogP) is 0.468. The summed E-state index contributed by atoms with van der Waals surface area (Å²) in [6.45, 7) is 4.72. The van der Waals surface area contributed by atoms with Crippen LogP contribution < -0.4 is 5.73 Å². The number of nitrogens with two attached hydrogens (primary N) is 1. The van der Waals surface area contributed by atoms with Gasteiger partial charge in [0.1, 0.15) is 0 Å². The Labute approximate surface area is 109 Å². The van der Waals surface area contributed by atoms with Crippen molar-refractivity contribution >= 4 is 15.8 Å². The summed E-state index contributed by atoms with van der Waals surface area (Å²) in [5.74, 6) is 2.01. The first-order valence-corrected chi connectivity index (χ1v) is 8.54. The van der Waals surface area contributed by atoms with Crippen molar-refractivity contribution in [2.24, 2.45) is 22.6 Å². The number of hydrogen-bond donors (Lipinski definition) is 1. The standard InChI is InChI=1S/C12H23N3O2S/c1-10-3-2-5-15(8-10)12(13)14-7-11-4-6-18(16,17)9-11/h10-11H,2-9H2,1H3,(H2,13,14). The Morgan fingerprint density at radius 3 is 2.83 bits per heavy atom. The van der Waals surface area contributed by atoms with Crippen molar-refractivity contribution in [1.29, 1.82) is 0 Å². The smallest absolute Gasteiger partial charge is 0.191 e. The van der Waals surface area contributed by atoms with Gasteiger partial charge in [0.05, 0.1) is 11.5 Å². The van der Waals surface area contributed by atoms with E-state index in [4.69, 9.17) is 5.73 Å². The summed E-state index contributed by atoms with van der Waals surface area (Å²) < 4.78 is 22.7. The SMILES string of the molecule is CC1CCCN(C(N)=NCC2CCS(=O)(=O)C2)C1. The van der Waals surface area contributed by atoms with Crippen LogP contribution in [0.5, 0.6) is 0 Å². The molecule has 2 saturated heterocycles. The van der Waals surface area contributed by atoms with Gasteiger partial charge in [0.2, 0.25) is 0 Å². The summed E-state index contributed by atoms with van der Waals surface area (Å²) in [6, 6.07) is 0. The van der Waals surface area contributed by atoms with E-state index in [0.717, 1.165) is 25.9 Å². The number of sulfone groups is 1. The number of aliphatic imine (C=N–C) groups is 1. The molecule has 0 aromatic carbocycles. The Kier molecular flexibility index (Phi) is 4.14. The van der Waals surface area contributed by atoms with Crippen molar-refractivity contribution < 1.29 is 8.42 Å². The number of hydrogen-bond acceptors (Lipinski definition) is 3. The first-order chi connectivity index (χ1) is 8.46. The first kappa shape index (κ1) is 13.6. The molecule has 0 saturated carbocycles. The molecular formula is C12H23N3O2S. The van der Waals surface area contributed by atoms with Crippen molar-refractivity contribution in [2.45, 2.75) is 26.2 Å². The molecule has 5 nitrogen and oxygen atoms in total. The van der Waals surface area contributed by atoms with Crippen LogP contribution in [-0.4, -0.2) is 50.4 Å². The molecule has 2 atom stereocenters. The van der Waals surface area contributed by atoms with Gasteiger partial charge in [-0.05, 0) is 31.1 Å². The van der Waals surface area contributed by atoms with Gasteiger partial charge < -0.3 is 10.6 Å². The molecule has 0 spiro atoms. The predicted molar refractivity (Wildman–Crippen MR) is 73.2 cm³/mol. The van der Waals surface area contributed by atoms with Crippen LogP contribution in [0.2, 0.25) is 0 Å². The minimum absolute atomic E-state index is 0.163. The minimum atomic E-state index is -2.80. The van der Waals surface area contributed by atoms with Crippen LogP contribution in [0, 0.1) is 11.8 Å². The molecule has 2 unspecified atom stereocenters. The van der Waals surface area contributed by atoms with Crippen LogP contribution in [-0.2, 0) is 9.84 Å². The Balaban J connectivity index is 1.85. The highest BCUT2D eigenvalue weighted by Gasteiger charge is 2.27. The van der Waals surface area contributed by atoms with Gasteiger partial charge in [0, 0.05) is 19.6 Å². The lowest BCUT2D eigenvalue weighted by Gasteiger charge is -2.31. The van der Waals surface area contributed by atoms with Crippen molar-refractivity contribution in [2.75, 3.05) is 31.1 Å². The van der Waals surface area contributed by atoms with Gasteiger partial charge in [0.25, 0.3) is 0 Å². The lowest BCUT2D eigenvalue weighted by atomic mass is 10.0. The second kappa shape index (κ2) is 5.47. The Bertz CT molecular complexity index is 419. The molecule has 2 fully saturated rings. The molecule has 18 heavy (non-hydrogen) atoms. The maximum absolute atomic E-state index is 11.3. The molecular weight excluding hydrogens is 250 g/mol. The minimum Gasteiger partial charge on any atom is -0.370 e. The first-order valence-electron chi connectivity index (χ1n) is 6.71. The zero-order chi connectivity index (χ0) is 13.2. The van der Waals surface area contributed by atoms with E-state index in [-0.39, 0.29) is 11.7 Å². The van der Waals surface area contributed by atoms with E-state index in [1.807, 2.05) is 0 Å². The zero-order valence-electron chi connectivity index (χ0n) is 11.0. The molecule has 2 N–H and O–H groups in total. The Hall–Kier alpha value is -0.780. The lowest BCUT2D eigenvalue weighted by Crippen LogP contribution is -2.43. The molecule has 0 aromatic rings. The zero-order valence-corrected chi connectivity index (χ0v) is 11.8. The van der Waals surface area contributed by atoms with E-state index in [0.29, 0.717) is 24.2 Å². The van der Waals surface area contributed by atoms with E-state index < -0.39 is 9.84 Å². The van der Waals surface area contributed by atoms with E-state index in [1.165, 1.54) is 6.42 Å². The molecule has 2 heterocycles. The molecule has 2 aliphatic heterocycles. The summed E-state index contributed by atoms with van der Waals surface area (Å²) in [5, 5.41) is 0. The van der Waals surface area contributed by atoms with Crippen molar-refractivity contribution in [1.82, 2.24) is 4.90 Å². The van der Waals surface area contributed by atoms with Gasteiger partial charge in [-0.3, -0.25) is 4.99 Å². The summed E-state index contributed by atoms with van der Waals surface area (Å²) in [5.41, 5.74) is 5.98. The number of rotatable bonds is 2. The largest absolute Gasteiger partial charge is 0.370 e. The average Bonchev–Trinajstić information content (AvgIpc) is 2.66. The average molecular weight is 273 g/mol. The van der Waals surface area contributed by atoms with E-state index in [9.17, 15) is 8.42 Å². The van der Waals surface area contributed by atoms with Crippen LogP contribution in [0.1, 0.15) is 26.2 Å². The van der Waals surface area contributed by atoms with Crippen LogP contribution in [0.4, 0.5) is 0 Å². The fourth-order valence-corrected chi connectivity index (χ4v) is 4.59. The summed E-state index contributed by atoms with van der Waals surface area (Å²) in [6.07, 6.45) is 3.15. The molecule has 0 amide bonds. The highest BCUT2D eigenvalue weighted by atomic mass is 32.2. The fraction of sp³-hybridized carbons (Fsp3) is 0.917. The van der Waals surface area contributed by atoms with Crippen LogP contribution >= 0.6 is 0 Å². The molecule has 0 radical (unpaired) electrons. The molecule has 0 bridgehead atoms. The summed E-state index contributed by atoms with van der Waals surface area (Å²) in [7, 11) is -2.80. The monoisotopic (exact) mass is 273 g/mol. The third-order valence-electron chi connectivity index (χ3n) is 3.82. The quantitative estimate of drug-likeness (QED) is 0.586. The van der Waals surface area contributed by atoms with E-state index in [1.54, 1.807) is 0 Å². The van der Waals surface area contributed by atoms with Gasteiger partial charge in [-0.2, -0.15) is 0 Å². The van der Waals surface area contributed by atoms with Crippen molar-refractivity contribution in [3.05, 3.63) is 0 Å². The van der Waals surface area contributed by atoms with Crippen LogP contribution in [0.15, 0.2) is 4.99 Å². The normalized spacial score (nSPS) is 32.7. The molecule has 2 rings (SSSR count). The van der Waals surface area contributed by atoms with Gasteiger partial charge >= 0.3 is 0 Å². The Morgan fingerprint density at radius 1 is 1.44 bits per heavy atom. The maximum Gasteiger partial charge on any atom is 0.191 e. The molecule has 0 aromatic heterocycles. The summed E-state index contributed by atoms with van der Waals surface area (Å²) >= 11 is 0. The number of guanidine groups is 1. The summed E-state index contributed by atoms with van der Waals surface area (Å²) in [4.78, 5) is 6.51. The van der Waals surface area contributed by atoms with Gasteiger partial charge in [-0.1, -0.05) is 6.92 Å². The highest BCUT2D eigenvalue weighted by molar-refractivity contribution is 7.91. The maximum atomic E-state index is 11.3. The van der Waals surface area contributed by atoms with E-state index in [2.05, 4.69) is 16.8 Å². The highest BCUT2D eigenvalue weighted by Crippen LogP contribution is 2.19. The van der Waals surface area contributed by atoms with Crippen molar-refractivity contribution in [3.8, 4) is 0 Å². The van der Waals surface area contributed by atoms with Crippen molar-refractivity contribution in [3.63, 3.8) is 0 Å². The lowest BCUT2D eigenvalue weighted by molar-refractivity contribution is 0.270. The molecule has 0 aliphatic carbocycles. The third kappa shape index (κ3) is 3.60. The second-order valence-corrected chi connectivity index (χ2v) is 7.89. The van der Waals surface area contributed by atoms with Gasteiger partial charge in [-0.15, -0.1) is 0 Å². The van der Waals surface area contributed by atoms with Gasteiger partial charge in [-0.25, -0.2) is 8.42 Å². The topological polar surface area (TPSA) is 75.8 Å². The number of nitrogens with zero attached hydrogens (tertiary/aromatic N) is 2. The van der Waals surface area contributed by atoms with E-state index >= 15 is 0 Å². The number of likely N-dealkylation sites (tertiary alicyclic amines) is 1. The Morgan fingerprint density at radius 2 is 2.22 bits per heavy atom. The fourth-order valence-electron chi connectivity index (χ4n) is 2.74. The number of piperidine rings is 1. The van der Waals surface area contributed by atoms with Crippen LogP contribution in [0.3, 0.4) is 0 Å². The molecule has 6 heteroatoms. The second-order valence-electron chi connectivity index (χ2n) is 5.66. The van der Waals surface area contributed by atoms with Gasteiger partial charge in [0.15, 0.2) is 15.8 Å².